The maximum absolute atomic E-state index is 10.4. The van der Waals surface area contributed by atoms with E-state index in [2.05, 4.69) is 28.9 Å². The van der Waals surface area contributed by atoms with Crippen LogP contribution < -0.4 is 0 Å². The first-order chi connectivity index (χ1) is 9.08. The molecule has 0 fully saturated rings. The molecular weight excluding hydrogens is 240 g/mol. The summed E-state index contributed by atoms with van der Waals surface area (Å²) < 4.78 is 0. The molecule has 0 aliphatic carbocycles. The number of para-hydroxylation sites is 1. The molecule has 1 heterocycles. The van der Waals surface area contributed by atoms with Gasteiger partial charge < -0.3 is 10.1 Å². The summed E-state index contributed by atoms with van der Waals surface area (Å²) in [4.78, 5) is 15.9. The number of likely N-dealkylation sites (N-methyl/N-ethyl adjacent to an activating group) is 1. The van der Waals surface area contributed by atoms with Crippen molar-refractivity contribution in [3.05, 3.63) is 47.7 Å². The second-order valence-corrected chi connectivity index (χ2v) is 4.71. The van der Waals surface area contributed by atoms with Crippen molar-refractivity contribution in [2.24, 2.45) is 0 Å². The third kappa shape index (κ3) is 3.23. The number of carbonyl (C=O) groups is 1. The van der Waals surface area contributed by atoms with Crippen molar-refractivity contribution in [2.75, 3.05) is 13.6 Å². The highest BCUT2D eigenvalue weighted by Crippen LogP contribution is 2.22. The molecule has 1 aromatic heterocycles. The van der Waals surface area contributed by atoms with Gasteiger partial charge in [0.25, 0.3) is 0 Å². The molecule has 0 amide bonds. The van der Waals surface area contributed by atoms with Crippen LogP contribution in [0.25, 0.3) is 10.9 Å². The number of carboxylic acids is 1. The number of H-pyrrole nitrogens is 1. The molecule has 4 nitrogen and oxygen atoms in total. The number of aliphatic carboxylic acids is 1. The monoisotopic (exact) mass is 258 g/mol. The summed E-state index contributed by atoms with van der Waals surface area (Å²) in [6.07, 6.45) is 2.84. The van der Waals surface area contributed by atoms with Crippen molar-refractivity contribution in [3.8, 4) is 0 Å². The molecule has 0 aliphatic rings. The molecule has 0 radical (unpaired) electrons. The lowest BCUT2D eigenvalue weighted by atomic mass is 10.1. The number of nitrogens with one attached hydrogen (secondary N) is 1. The Kier molecular flexibility index (Phi) is 4.02. The van der Waals surface area contributed by atoms with Crippen molar-refractivity contribution >= 4 is 16.9 Å². The van der Waals surface area contributed by atoms with Gasteiger partial charge in [-0.05, 0) is 25.6 Å². The molecule has 0 unspecified atom stereocenters. The molecule has 100 valence electrons. The van der Waals surface area contributed by atoms with Gasteiger partial charge in [-0.3, -0.25) is 4.90 Å². The molecule has 2 aromatic rings. The average molecular weight is 258 g/mol. The fourth-order valence-corrected chi connectivity index (χ4v) is 2.21. The van der Waals surface area contributed by atoms with Gasteiger partial charge >= 0.3 is 5.97 Å². The summed E-state index contributed by atoms with van der Waals surface area (Å²) in [5.74, 6) is -0.906. The molecule has 2 rings (SSSR count). The number of benzene rings is 1. The van der Waals surface area contributed by atoms with Crippen LogP contribution in [-0.2, 0) is 11.3 Å². The van der Waals surface area contributed by atoms with Gasteiger partial charge in [0.1, 0.15) is 0 Å². The number of carboxylic acid groups (broad SMARTS) is 1. The van der Waals surface area contributed by atoms with Gasteiger partial charge in [0.05, 0.1) is 0 Å². The quantitative estimate of drug-likeness (QED) is 0.810. The minimum atomic E-state index is -0.906. The molecular formula is C15H18N2O2. The lowest BCUT2D eigenvalue weighted by molar-refractivity contribution is -0.131. The number of hydrogen-bond acceptors (Lipinski definition) is 2. The Balaban J connectivity index is 2.12. The summed E-state index contributed by atoms with van der Waals surface area (Å²) in [7, 11) is 1.98. The number of aryl methyl sites for hydroxylation is 1. The SMILES string of the molecule is Cc1[nH]c2ccccc2c1CN(C)C/C=C/C(=O)O. The van der Waals surface area contributed by atoms with Crippen molar-refractivity contribution in [3.63, 3.8) is 0 Å². The minimum Gasteiger partial charge on any atom is -0.478 e. The third-order valence-corrected chi connectivity index (χ3v) is 3.13. The van der Waals surface area contributed by atoms with E-state index in [0.29, 0.717) is 6.54 Å². The van der Waals surface area contributed by atoms with Gasteiger partial charge in [-0.25, -0.2) is 4.79 Å². The maximum atomic E-state index is 10.4. The maximum Gasteiger partial charge on any atom is 0.328 e. The van der Waals surface area contributed by atoms with Gasteiger partial charge in [-0.1, -0.05) is 24.3 Å². The Morgan fingerprint density at radius 1 is 1.42 bits per heavy atom. The Labute approximate surface area is 112 Å². The molecule has 4 heteroatoms. The van der Waals surface area contributed by atoms with Crippen LogP contribution in [0.4, 0.5) is 0 Å². The van der Waals surface area contributed by atoms with Crippen molar-refractivity contribution < 1.29 is 9.90 Å². The molecule has 0 bridgehead atoms. The van der Waals surface area contributed by atoms with Crippen LogP contribution in [0.3, 0.4) is 0 Å². The zero-order chi connectivity index (χ0) is 13.8. The van der Waals surface area contributed by atoms with E-state index in [1.165, 1.54) is 17.0 Å². The third-order valence-electron chi connectivity index (χ3n) is 3.13. The largest absolute Gasteiger partial charge is 0.478 e. The first kappa shape index (κ1) is 13.4. The second-order valence-electron chi connectivity index (χ2n) is 4.71. The van der Waals surface area contributed by atoms with E-state index < -0.39 is 5.97 Å². The van der Waals surface area contributed by atoms with E-state index in [-0.39, 0.29) is 0 Å². The molecule has 0 spiro atoms. The van der Waals surface area contributed by atoms with Crippen LogP contribution in [0.2, 0.25) is 0 Å². The van der Waals surface area contributed by atoms with E-state index in [9.17, 15) is 4.79 Å². The second kappa shape index (κ2) is 5.71. The van der Waals surface area contributed by atoms with Crippen LogP contribution in [0.15, 0.2) is 36.4 Å². The number of aromatic nitrogens is 1. The van der Waals surface area contributed by atoms with Crippen LogP contribution in [-0.4, -0.2) is 34.6 Å². The topological polar surface area (TPSA) is 56.3 Å². The predicted octanol–water partition coefficient (Wildman–Crippen LogP) is 2.55. The Hall–Kier alpha value is -2.07. The highest BCUT2D eigenvalue weighted by molar-refractivity contribution is 5.84. The molecule has 19 heavy (non-hydrogen) atoms. The lowest BCUT2D eigenvalue weighted by Gasteiger charge is -2.14. The van der Waals surface area contributed by atoms with Crippen LogP contribution >= 0.6 is 0 Å². The zero-order valence-electron chi connectivity index (χ0n) is 11.2. The normalized spacial score (nSPS) is 11.7. The highest BCUT2D eigenvalue weighted by Gasteiger charge is 2.09. The van der Waals surface area contributed by atoms with E-state index in [0.717, 1.165) is 17.8 Å². The van der Waals surface area contributed by atoms with E-state index in [4.69, 9.17) is 5.11 Å². The molecule has 0 atom stereocenters. The van der Waals surface area contributed by atoms with Gasteiger partial charge in [0.2, 0.25) is 0 Å². The fraction of sp³-hybridized carbons (Fsp3) is 0.267. The van der Waals surface area contributed by atoms with Gasteiger partial charge in [0, 0.05) is 35.8 Å². The molecule has 1 aromatic carbocycles. The van der Waals surface area contributed by atoms with Crippen molar-refractivity contribution in [1.82, 2.24) is 9.88 Å². The Morgan fingerprint density at radius 3 is 2.89 bits per heavy atom. The number of fused-ring (bicyclic) bond motifs is 1. The van der Waals surface area contributed by atoms with E-state index in [1.807, 2.05) is 19.2 Å². The summed E-state index contributed by atoms with van der Waals surface area (Å²) in [5.41, 5.74) is 3.57. The number of nitrogens with zero attached hydrogens (tertiary/aromatic N) is 1. The first-order valence-electron chi connectivity index (χ1n) is 6.22. The standard InChI is InChI=1S/C15H18N2O2/c1-11-13(10-17(2)9-5-8-15(18)19)12-6-3-4-7-14(12)16-11/h3-8,16H,9-10H2,1-2H3,(H,18,19)/b8-5+. The fourth-order valence-electron chi connectivity index (χ4n) is 2.21. The van der Waals surface area contributed by atoms with Crippen LogP contribution in [0.5, 0.6) is 0 Å². The summed E-state index contributed by atoms with van der Waals surface area (Å²) in [6, 6.07) is 8.22. The Bertz CT molecular complexity index is 614. The average Bonchev–Trinajstić information content (AvgIpc) is 2.66. The number of hydrogen-bond donors (Lipinski definition) is 2. The highest BCUT2D eigenvalue weighted by atomic mass is 16.4. The molecule has 0 saturated heterocycles. The summed E-state index contributed by atoms with van der Waals surface area (Å²) >= 11 is 0. The summed E-state index contributed by atoms with van der Waals surface area (Å²) in [5, 5.41) is 9.79. The van der Waals surface area contributed by atoms with E-state index in [1.54, 1.807) is 6.08 Å². The lowest BCUT2D eigenvalue weighted by Crippen LogP contribution is -2.18. The van der Waals surface area contributed by atoms with Crippen LogP contribution in [0.1, 0.15) is 11.3 Å². The first-order valence-corrected chi connectivity index (χ1v) is 6.22. The van der Waals surface area contributed by atoms with Crippen molar-refractivity contribution in [1.29, 1.82) is 0 Å². The van der Waals surface area contributed by atoms with Gasteiger partial charge in [-0.15, -0.1) is 0 Å². The minimum absolute atomic E-state index is 0.616. The smallest absolute Gasteiger partial charge is 0.328 e. The van der Waals surface area contributed by atoms with Crippen molar-refractivity contribution in [2.45, 2.75) is 13.5 Å². The molecule has 0 aliphatic heterocycles. The number of aromatic amines is 1. The predicted molar refractivity (Wildman–Crippen MR) is 76.1 cm³/mol. The van der Waals surface area contributed by atoms with Gasteiger partial charge in [0.15, 0.2) is 0 Å². The van der Waals surface area contributed by atoms with Gasteiger partial charge in [-0.2, -0.15) is 0 Å². The number of rotatable bonds is 5. The molecule has 0 saturated carbocycles. The molecule has 2 N–H and O–H groups in total. The van der Waals surface area contributed by atoms with Crippen LogP contribution in [0, 0.1) is 6.92 Å². The zero-order valence-corrected chi connectivity index (χ0v) is 11.2. The van der Waals surface area contributed by atoms with E-state index >= 15 is 0 Å². The Morgan fingerprint density at radius 2 is 2.16 bits per heavy atom. The summed E-state index contributed by atoms with van der Waals surface area (Å²) in [6.45, 7) is 3.47.